The van der Waals surface area contributed by atoms with Crippen LogP contribution >= 0.6 is 11.3 Å². The van der Waals surface area contributed by atoms with Crippen LogP contribution in [0.2, 0.25) is 0 Å². The van der Waals surface area contributed by atoms with E-state index in [0.29, 0.717) is 17.5 Å². The van der Waals surface area contributed by atoms with Gasteiger partial charge in [0, 0.05) is 36.9 Å². The Labute approximate surface area is 288 Å². The number of rotatable bonds is 6. The molecule has 2 aromatic heterocycles. The zero-order valence-corrected chi connectivity index (χ0v) is 27.3. The van der Waals surface area contributed by atoms with Crippen molar-refractivity contribution in [3.05, 3.63) is 176 Å². The first-order valence-corrected chi connectivity index (χ1v) is 17.2. The molecule has 0 aliphatic heterocycles. The predicted molar refractivity (Wildman–Crippen MR) is 205 cm³/mol. The Morgan fingerprint density at radius 1 is 0.306 bits per heavy atom. The summed E-state index contributed by atoms with van der Waals surface area (Å²) in [6.45, 7) is 0. The fraction of sp³-hybridized carbons (Fsp3) is 0. The molecule has 0 bridgehead atoms. The van der Waals surface area contributed by atoms with E-state index in [1.807, 2.05) is 12.1 Å². The Morgan fingerprint density at radius 2 is 0.776 bits per heavy atom. The lowest BCUT2D eigenvalue weighted by atomic mass is 10.0. The van der Waals surface area contributed by atoms with Gasteiger partial charge < -0.3 is 0 Å². The van der Waals surface area contributed by atoms with Crippen LogP contribution in [0.3, 0.4) is 0 Å². The van der Waals surface area contributed by atoms with Crippen LogP contribution in [0.1, 0.15) is 0 Å². The lowest BCUT2D eigenvalue weighted by molar-refractivity contribution is 1.08. The Hall–Kier alpha value is -6.23. The number of thiophene rings is 1. The molecule has 0 fully saturated rings. The summed E-state index contributed by atoms with van der Waals surface area (Å²) in [6, 6.07) is 61.6. The van der Waals surface area contributed by atoms with Gasteiger partial charge in [0.2, 0.25) is 0 Å². The van der Waals surface area contributed by atoms with Crippen molar-refractivity contribution in [2.75, 3.05) is 0 Å². The van der Waals surface area contributed by atoms with Gasteiger partial charge in [-0.15, -0.1) is 11.3 Å². The first-order chi connectivity index (χ1) is 24.3. The minimum atomic E-state index is 0.645. The summed E-state index contributed by atoms with van der Waals surface area (Å²) >= 11 is 1.80. The lowest BCUT2D eigenvalue weighted by Crippen LogP contribution is -2.00. The summed E-state index contributed by atoms with van der Waals surface area (Å²) in [6.07, 6.45) is 0. The maximum atomic E-state index is 5.20. The molecule has 0 atom stereocenters. The minimum absolute atomic E-state index is 0.645. The Balaban J connectivity index is 1.24. The number of aromatic nitrogens is 3. The van der Waals surface area contributed by atoms with E-state index in [4.69, 9.17) is 15.0 Å². The number of nitrogens with zero attached hydrogens (tertiary/aromatic N) is 3. The monoisotopic (exact) mass is 643 g/mol. The van der Waals surface area contributed by atoms with Gasteiger partial charge in [-0.3, -0.25) is 0 Å². The molecule has 0 aliphatic rings. The third-order valence-corrected chi connectivity index (χ3v) is 10.1. The van der Waals surface area contributed by atoms with E-state index in [1.165, 1.54) is 36.9 Å². The van der Waals surface area contributed by atoms with Crippen LogP contribution in [0.5, 0.6) is 0 Å². The van der Waals surface area contributed by atoms with Crippen molar-refractivity contribution >= 4 is 31.5 Å². The molecular weight excluding hydrogens is 615 g/mol. The Kier molecular flexibility index (Phi) is 7.34. The van der Waals surface area contributed by atoms with Crippen LogP contribution in [0.4, 0.5) is 0 Å². The van der Waals surface area contributed by atoms with Crippen LogP contribution < -0.4 is 0 Å². The first-order valence-electron chi connectivity index (χ1n) is 16.4. The summed E-state index contributed by atoms with van der Waals surface area (Å²) in [5.41, 5.74) is 9.87. The zero-order chi connectivity index (χ0) is 32.6. The van der Waals surface area contributed by atoms with Crippen LogP contribution in [0.25, 0.3) is 87.7 Å². The molecule has 9 aromatic rings. The summed E-state index contributed by atoms with van der Waals surface area (Å²) in [4.78, 5) is 15.5. The molecule has 0 amide bonds. The minimum Gasteiger partial charge on any atom is -0.208 e. The van der Waals surface area contributed by atoms with Gasteiger partial charge in [-0.2, -0.15) is 0 Å². The normalized spacial score (nSPS) is 11.3. The molecule has 0 saturated carbocycles. The second-order valence-electron chi connectivity index (χ2n) is 12.1. The van der Waals surface area contributed by atoms with Gasteiger partial charge in [-0.1, -0.05) is 152 Å². The number of hydrogen-bond acceptors (Lipinski definition) is 4. The second kappa shape index (κ2) is 12.4. The van der Waals surface area contributed by atoms with E-state index in [-0.39, 0.29) is 0 Å². The predicted octanol–water partition coefficient (Wildman–Crippen LogP) is 12.2. The molecule has 7 aromatic carbocycles. The van der Waals surface area contributed by atoms with Crippen LogP contribution in [0.15, 0.2) is 176 Å². The lowest BCUT2D eigenvalue weighted by Gasteiger charge is -2.11. The molecule has 0 aliphatic carbocycles. The number of fused-ring (bicyclic) bond motifs is 3. The molecule has 4 heteroatoms. The maximum Gasteiger partial charge on any atom is 0.164 e. The molecule has 3 nitrogen and oxygen atoms in total. The fourth-order valence-corrected chi connectivity index (χ4v) is 7.60. The van der Waals surface area contributed by atoms with E-state index in [0.717, 1.165) is 33.4 Å². The summed E-state index contributed by atoms with van der Waals surface area (Å²) in [5, 5.41) is 2.37. The third kappa shape index (κ3) is 5.58. The van der Waals surface area contributed by atoms with Gasteiger partial charge in [-0.05, 0) is 57.6 Å². The van der Waals surface area contributed by atoms with E-state index < -0.39 is 0 Å². The average molecular weight is 644 g/mol. The van der Waals surface area contributed by atoms with Crippen LogP contribution in [-0.4, -0.2) is 15.0 Å². The van der Waals surface area contributed by atoms with E-state index >= 15 is 0 Å². The number of benzene rings is 7. The molecule has 0 N–H and O–H groups in total. The van der Waals surface area contributed by atoms with Crippen molar-refractivity contribution < 1.29 is 0 Å². The Morgan fingerprint density at radius 3 is 1.45 bits per heavy atom. The van der Waals surface area contributed by atoms with Crippen molar-refractivity contribution in [3.63, 3.8) is 0 Å². The van der Waals surface area contributed by atoms with Crippen molar-refractivity contribution in [1.29, 1.82) is 0 Å². The van der Waals surface area contributed by atoms with Crippen molar-refractivity contribution in [1.82, 2.24) is 15.0 Å². The largest absolute Gasteiger partial charge is 0.208 e. The van der Waals surface area contributed by atoms with Crippen molar-refractivity contribution in [3.8, 4) is 67.5 Å². The molecule has 0 saturated heterocycles. The van der Waals surface area contributed by atoms with Gasteiger partial charge in [0.05, 0.1) is 0 Å². The molecule has 0 radical (unpaired) electrons. The summed E-state index contributed by atoms with van der Waals surface area (Å²) < 4.78 is 2.45. The van der Waals surface area contributed by atoms with E-state index in [1.54, 1.807) is 11.3 Å². The second-order valence-corrected chi connectivity index (χ2v) is 13.1. The number of hydrogen-bond donors (Lipinski definition) is 0. The molecule has 0 unspecified atom stereocenters. The molecule has 9 rings (SSSR count). The molecular formula is C45H29N3S. The highest BCUT2D eigenvalue weighted by molar-refractivity contribution is 7.26. The zero-order valence-electron chi connectivity index (χ0n) is 26.5. The molecule has 49 heavy (non-hydrogen) atoms. The summed E-state index contributed by atoms with van der Waals surface area (Å²) in [5.74, 6) is 1.95. The van der Waals surface area contributed by atoms with Gasteiger partial charge in [0.25, 0.3) is 0 Å². The topological polar surface area (TPSA) is 38.7 Å². The smallest absolute Gasteiger partial charge is 0.164 e. The van der Waals surface area contributed by atoms with Gasteiger partial charge >= 0.3 is 0 Å². The van der Waals surface area contributed by atoms with Gasteiger partial charge in [0.1, 0.15) is 0 Å². The SMILES string of the molecule is c1ccc(-c2ccc(-c3nc(-c4cccc(-c5ccccc5)c4)nc(-c4cccc5sc6ccc(-c7ccccc7)cc6c45)n3)cc2)cc1. The quantitative estimate of drug-likeness (QED) is 0.181. The van der Waals surface area contributed by atoms with Crippen molar-refractivity contribution in [2.45, 2.75) is 0 Å². The van der Waals surface area contributed by atoms with E-state index in [2.05, 4.69) is 164 Å². The third-order valence-electron chi connectivity index (χ3n) is 8.96. The first kappa shape index (κ1) is 29.0. The maximum absolute atomic E-state index is 5.20. The van der Waals surface area contributed by atoms with Gasteiger partial charge in [-0.25, -0.2) is 15.0 Å². The van der Waals surface area contributed by atoms with Crippen LogP contribution in [-0.2, 0) is 0 Å². The molecule has 230 valence electrons. The standard InChI is InChI=1S/C45H29N3S/c1-4-12-30(13-5-1)33-22-24-34(25-23-33)43-46-44(37-19-10-18-35(28-37)31-14-6-2-7-15-31)48-45(47-43)38-20-11-21-41-42(38)39-29-36(26-27-40(39)49-41)32-16-8-3-9-17-32/h1-29H. The van der Waals surface area contributed by atoms with Gasteiger partial charge in [0.15, 0.2) is 17.5 Å². The highest BCUT2D eigenvalue weighted by Gasteiger charge is 2.18. The highest BCUT2D eigenvalue weighted by atomic mass is 32.1. The highest BCUT2D eigenvalue weighted by Crippen LogP contribution is 2.41. The average Bonchev–Trinajstić information content (AvgIpc) is 3.57. The van der Waals surface area contributed by atoms with Crippen molar-refractivity contribution in [2.24, 2.45) is 0 Å². The fourth-order valence-electron chi connectivity index (χ4n) is 6.49. The van der Waals surface area contributed by atoms with E-state index in [9.17, 15) is 0 Å². The molecule has 0 spiro atoms. The van der Waals surface area contributed by atoms with Crippen LogP contribution in [0, 0.1) is 0 Å². The Bertz CT molecular complexity index is 2580. The summed E-state index contributed by atoms with van der Waals surface area (Å²) in [7, 11) is 0. The molecule has 2 heterocycles.